The van der Waals surface area contributed by atoms with Gasteiger partial charge in [0.05, 0.1) is 31.7 Å². The van der Waals surface area contributed by atoms with Crippen LogP contribution in [0, 0.1) is 11.8 Å². The summed E-state index contributed by atoms with van der Waals surface area (Å²) in [5.74, 6) is -0.307. The van der Waals surface area contributed by atoms with Gasteiger partial charge in [-0.15, -0.1) is 0 Å². The molecular weight excluding hydrogens is 390 g/mol. The first-order valence-electron chi connectivity index (χ1n) is 10.4. The van der Waals surface area contributed by atoms with Crippen LogP contribution in [0.3, 0.4) is 0 Å². The molecule has 3 aliphatic carbocycles. The summed E-state index contributed by atoms with van der Waals surface area (Å²) in [6.45, 7) is 0. The number of nitrogens with zero attached hydrogens (tertiary/aromatic N) is 1. The SMILES string of the molecule is COc1ccc(N2C(=O)C3C4c5ccccc5C(c5ccccc54)C3C2=O)c(OC)c1. The molecule has 7 rings (SSSR count). The van der Waals surface area contributed by atoms with Crippen LogP contribution < -0.4 is 14.4 Å². The highest BCUT2D eigenvalue weighted by molar-refractivity contribution is 6.24. The van der Waals surface area contributed by atoms with Gasteiger partial charge in [-0.1, -0.05) is 48.5 Å². The van der Waals surface area contributed by atoms with Crippen LogP contribution in [0.15, 0.2) is 66.7 Å². The number of methoxy groups -OCH3 is 2. The third-order valence-corrected chi connectivity index (χ3v) is 7.08. The quantitative estimate of drug-likeness (QED) is 0.609. The van der Waals surface area contributed by atoms with Crippen LogP contribution in [0.25, 0.3) is 0 Å². The van der Waals surface area contributed by atoms with E-state index in [4.69, 9.17) is 9.47 Å². The van der Waals surface area contributed by atoms with Crippen molar-refractivity contribution in [2.24, 2.45) is 11.8 Å². The van der Waals surface area contributed by atoms with E-state index in [1.54, 1.807) is 25.3 Å². The first kappa shape index (κ1) is 18.2. The molecule has 0 spiro atoms. The van der Waals surface area contributed by atoms with E-state index >= 15 is 0 Å². The number of amides is 2. The van der Waals surface area contributed by atoms with E-state index in [0.29, 0.717) is 17.2 Å². The van der Waals surface area contributed by atoms with Crippen molar-refractivity contribution in [3.05, 3.63) is 89.0 Å². The van der Waals surface area contributed by atoms with Gasteiger partial charge in [0.2, 0.25) is 11.8 Å². The molecule has 3 aromatic rings. The largest absolute Gasteiger partial charge is 0.497 e. The molecule has 0 aromatic heterocycles. The second-order valence-corrected chi connectivity index (χ2v) is 8.31. The Balaban J connectivity index is 1.54. The lowest BCUT2D eigenvalue weighted by molar-refractivity contribution is -0.122. The summed E-state index contributed by atoms with van der Waals surface area (Å²) in [5, 5.41) is 0. The van der Waals surface area contributed by atoms with E-state index in [9.17, 15) is 9.59 Å². The van der Waals surface area contributed by atoms with Gasteiger partial charge in [-0.3, -0.25) is 9.59 Å². The van der Waals surface area contributed by atoms with Gasteiger partial charge in [0.1, 0.15) is 11.5 Å². The lowest BCUT2D eigenvalue weighted by atomic mass is 9.55. The van der Waals surface area contributed by atoms with Gasteiger partial charge >= 0.3 is 0 Å². The lowest BCUT2D eigenvalue weighted by Crippen LogP contribution is -2.41. The van der Waals surface area contributed by atoms with Crippen LogP contribution in [0.5, 0.6) is 11.5 Å². The van der Waals surface area contributed by atoms with Gasteiger partial charge in [-0.2, -0.15) is 0 Å². The number of anilines is 1. The van der Waals surface area contributed by atoms with Crippen LogP contribution in [0.1, 0.15) is 34.1 Å². The smallest absolute Gasteiger partial charge is 0.238 e. The summed E-state index contributed by atoms with van der Waals surface area (Å²) < 4.78 is 10.8. The number of rotatable bonds is 3. The zero-order valence-electron chi connectivity index (χ0n) is 17.2. The highest BCUT2D eigenvalue weighted by Gasteiger charge is 2.62. The van der Waals surface area contributed by atoms with Crippen molar-refractivity contribution in [2.75, 3.05) is 19.1 Å². The highest BCUT2D eigenvalue weighted by atomic mass is 16.5. The van der Waals surface area contributed by atoms with Gasteiger partial charge in [0.15, 0.2) is 0 Å². The molecule has 1 fully saturated rings. The normalized spacial score (nSPS) is 25.2. The maximum absolute atomic E-state index is 13.8. The molecule has 31 heavy (non-hydrogen) atoms. The number of carbonyl (C=O) groups excluding carboxylic acids is 2. The first-order valence-corrected chi connectivity index (χ1v) is 10.4. The van der Waals surface area contributed by atoms with Gasteiger partial charge in [0.25, 0.3) is 0 Å². The van der Waals surface area contributed by atoms with Crippen molar-refractivity contribution in [2.45, 2.75) is 11.8 Å². The molecule has 0 N–H and O–H groups in total. The summed E-state index contributed by atoms with van der Waals surface area (Å²) >= 11 is 0. The van der Waals surface area contributed by atoms with E-state index in [-0.39, 0.29) is 23.7 Å². The second-order valence-electron chi connectivity index (χ2n) is 8.31. The predicted molar refractivity (Wildman–Crippen MR) is 116 cm³/mol. The Morgan fingerprint density at radius 3 is 1.58 bits per heavy atom. The van der Waals surface area contributed by atoms with Crippen molar-refractivity contribution in [3.63, 3.8) is 0 Å². The fraction of sp³-hybridized carbons (Fsp3) is 0.231. The van der Waals surface area contributed by atoms with E-state index < -0.39 is 11.8 Å². The molecule has 4 aliphatic rings. The minimum Gasteiger partial charge on any atom is -0.497 e. The summed E-state index contributed by atoms with van der Waals surface area (Å²) in [6, 6.07) is 21.7. The van der Waals surface area contributed by atoms with Gasteiger partial charge in [0, 0.05) is 17.9 Å². The number of hydrogen-bond donors (Lipinski definition) is 0. The molecule has 2 amide bonds. The van der Waals surface area contributed by atoms with E-state index in [1.807, 2.05) is 24.3 Å². The fourth-order valence-electron chi connectivity index (χ4n) is 5.88. The molecule has 5 heteroatoms. The molecule has 2 bridgehead atoms. The summed E-state index contributed by atoms with van der Waals surface area (Å²) in [5.41, 5.74) is 5.13. The maximum Gasteiger partial charge on any atom is 0.238 e. The Bertz CT molecular complexity index is 1130. The Kier molecular flexibility index (Phi) is 3.78. The summed E-state index contributed by atoms with van der Waals surface area (Å²) in [6.07, 6.45) is 0. The molecule has 1 saturated heterocycles. The molecule has 0 saturated carbocycles. The molecule has 3 aromatic carbocycles. The molecule has 5 nitrogen and oxygen atoms in total. The van der Waals surface area contributed by atoms with Crippen molar-refractivity contribution in [3.8, 4) is 11.5 Å². The Morgan fingerprint density at radius 2 is 1.16 bits per heavy atom. The van der Waals surface area contributed by atoms with Crippen LogP contribution in [-0.2, 0) is 9.59 Å². The predicted octanol–water partition coefficient (Wildman–Crippen LogP) is 4.10. The molecule has 0 radical (unpaired) electrons. The van der Waals surface area contributed by atoms with Crippen molar-refractivity contribution in [1.82, 2.24) is 0 Å². The topological polar surface area (TPSA) is 55.8 Å². The van der Waals surface area contributed by atoms with Crippen LogP contribution in [0.2, 0.25) is 0 Å². The van der Waals surface area contributed by atoms with Crippen molar-refractivity contribution < 1.29 is 19.1 Å². The monoisotopic (exact) mass is 411 g/mol. The van der Waals surface area contributed by atoms with E-state index in [0.717, 1.165) is 22.3 Å². The molecule has 2 unspecified atom stereocenters. The number of carbonyl (C=O) groups is 2. The highest BCUT2D eigenvalue weighted by Crippen LogP contribution is 2.61. The van der Waals surface area contributed by atoms with Crippen molar-refractivity contribution in [1.29, 1.82) is 0 Å². The molecule has 1 heterocycles. The van der Waals surface area contributed by atoms with Gasteiger partial charge < -0.3 is 9.47 Å². The molecule has 1 aliphatic heterocycles. The molecule has 2 atom stereocenters. The minimum absolute atomic E-state index is 0.118. The van der Waals surface area contributed by atoms with Crippen molar-refractivity contribution >= 4 is 17.5 Å². The zero-order valence-corrected chi connectivity index (χ0v) is 17.2. The van der Waals surface area contributed by atoms with Crippen LogP contribution >= 0.6 is 0 Å². The second kappa shape index (κ2) is 6.45. The third-order valence-electron chi connectivity index (χ3n) is 7.08. The molecule has 154 valence electrons. The fourth-order valence-corrected chi connectivity index (χ4v) is 5.88. The summed E-state index contributed by atoms with van der Waals surface area (Å²) in [4.78, 5) is 28.9. The number of ether oxygens (including phenoxy) is 2. The third kappa shape index (κ3) is 2.26. The Labute approximate surface area is 180 Å². The Morgan fingerprint density at radius 1 is 0.677 bits per heavy atom. The zero-order chi connectivity index (χ0) is 21.3. The van der Waals surface area contributed by atoms with Gasteiger partial charge in [-0.05, 0) is 34.4 Å². The van der Waals surface area contributed by atoms with E-state index in [2.05, 4.69) is 24.3 Å². The minimum atomic E-state index is -0.408. The maximum atomic E-state index is 13.8. The number of benzene rings is 3. The summed E-state index contributed by atoms with van der Waals surface area (Å²) in [7, 11) is 3.10. The Hall–Kier alpha value is -3.60. The average Bonchev–Trinajstić information content (AvgIpc) is 3.09. The first-order chi connectivity index (χ1) is 15.2. The van der Waals surface area contributed by atoms with Gasteiger partial charge in [-0.25, -0.2) is 4.90 Å². The average molecular weight is 411 g/mol. The van der Waals surface area contributed by atoms with Crippen LogP contribution in [0.4, 0.5) is 5.69 Å². The molecular formula is C26H21NO4. The van der Waals surface area contributed by atoms with Crippen LogP contribution in [-0.4, -0.2) is 26.0 Å². The lowest BCUT2D eigenvalue weighted by Gasteiger charge is -2.45. The standard InChI is InChI=1S/C26H21NO4/c1-30-14-11-12-19(20(13-14)31-2)27-25(28)23-21-15-7-3-4-8-16(15)22(24(23)26(27)29)18-10-6-5-9-17(18)21/h3-13,21-24H,1-2H3. The number of hydrogen-bond acceptors (Lipinski definition) is 4. The van der Waals surface area contributed by atoms with E-state index in [1.165, 1.54) is 12.0 Å². The number of imide groups is 1.